The highest BCUT2D eigenvalue weighted by Crippen LogP contribution is 2.39. The zero-order valence-corrected chi connectivity index (χ0v) is 12.9. The van der Waals surface area contributed by atoms with E-state index in [-0.39, 0.29) is 0 Å². The molecule has 2 aromatic heterocycles. The highest BCUT2D eigenvalue weighted by atomic mass is 32.2. The van der Waals surface area contributed by atoms with Crippen molar-refractivity contribution in [3.63, 3.8) is 0 Å². The highest BCUT2D eigenvalue weighted by Gasteiger charge is 2.20. The Bertz CT molecular complexity index is 820. The fraction of sp³-hybridized carbons (Fsp3) is 0.118. The Labute approximate surface area is 133 Å². The van der Waals surface area contributed by atoms with Gasteiger partial charge in [-0.1, -0.05) is 18.2 Å². The minimum absolute atomic E-state index is 0.701. The Balaban J connectivity index is 1.79. The van der Waals surface area contributed by atoms with Crippen LogP contribution in [0.3, 0.4) is 0 Å². The van der Waals surface area contributed by atoms with Gasteiger partial charge in [0.25, 0.3) is 0 Å². The molecule has 1 aliphatic heterocycles. The van der Waals surface area contributed by atoms with Gasteiger partial charge in [0.1, 0.15) is 5.03 Å². The summed E-state index contributed by atoms with van der Waals surface area (Å²) in [6, 6.07) is 14.2. The summed E-state index contributed by atoms with van der Waals surface area (Å²) < 4.78 is 0. The van der Waals surface area contributed by atoms with Crippen molar-refractivity contribution >= 4 is 23.4 Å². The third-order valence-electron chi connectivity index (χ3n) is 3.69. The number of para-hydroxylation sites is 1. The number of pyridine rings is 1. The van der Waals surface area contributed by atoms with Crippen LogP contribution in [0.25, 0.3) is 11.3 Å². The molecule has 0 amide bonds. The van der Waals surface area contributed by atoms with E-state index in [4.69, 9.17) is 4.98 Å². The van der Waals surface area contributed by atoms with Crippen molar-refractivity contribution in [2.75, 3.05) is 11.9 Å². The Kier molecular flexibility index (Phi) is 3.27. The summed E-state index contributed by atoms with van der Waals surface area (Å²) in [4.78, 5) is 15.8. The van der Waals surface area contributed by atoms with Crippen molar-refractivity contribution in [3.8, 4) is 11.3 Å². The molecule has 1 aliphatic rings. The highest BCUT2D eigenvalue weighted by molar-refractivity contribution is 7.98. The van der Waals surface area contributed by atoms with Crippen LogP contribution in [0.1, 0.15) is 5.56 Å². The van der Waals surface area contributed by atoms with Crippen LogP contribution in [0.2, 0.25) is 0 Å². The molecule has 0 aliphatic carbocycles. The third-order valence-corrected chi connectivity index (χ3v) is 4.74. The van der Waals surface area contributed by atoms with E-state index < -0.39 is 0 Å². The summed E-state index contributed by atoms with van der Waals surface area (Å²) in [5, 5.41) is 1.04. The van der Waals surface area contributed by atoms with Crippen LogP contribution in [-0.4, -0.2) is 22.0 Å². The second kappa shape index (κ2) is 5.42. The maximum Gasteiger partial charge on any atom is 0.230 e. The molecule has 4 nitrogen and oxygen atoms in total. The van der Waals surface area contributed by atoms with Gasteiger partial charge in [-0.05, 0) is 24.3 Å². The summed E-state index contributed by atoms with van der Waals surface area (Å²) in [7, 11) is 1.98. The number of rotatable bonds is 2. The second-order valence-electron chi connectivity index (χ2n) is 5.08. The van der Waals surface area contributed by atoms with Gasteiger partial charge in [-0.15, -0.1) is 11.8 Å². The average molecular weight is 306 g/mol. The van der Waals surface area contributed by atoms with E-state index in [0.717, 1.165) is 33.3 Å². The van der Waals surface area contributed by atoms with E-state index in [1.165, 1.54) is 0 Å². The van der Waals surface area contributed by atoms with Crippen molar-refractivity contribution < 1.29 is 0 Å². The third kappa shape index (κ3) is 2.23. The van der Waals surface area contributed by atoms with Crippen LogP contribution in [0, 0.1) is 0 Å². The zero-order valence-electron chi connectivity index (χ0n) is 12.1. The number of aromatic nitrogens is 3. The fourth-order valence-electron chi connectivity index (χ4n) is 2.50. The van der Waals surface area contributed by atoms with E-state index in [9.17, 15) is 0 Å². The Morgan fingerprint density at radius 2 is 1.91 bits per heavy atom. The van der Waals surface area contributed by atoms with Crippen molar-refractivity contribution in [2.45, 2.75) is 10.8 Å². The Morgan fingerprint density at radius 1 is 1.05 bits per heavy atom. The zero-order chi connectivity index (χ0) is 14.9. The summed E-state index contributed by atoms with van der Waals surface area (Å²) in [5.74, 6) is 1.57. The summed E-state index contributed by atoms with van der Waals surface area (Å²) in [5.41, 5.74) is 4.32. The first kappa shape index (κ1) is 13.3. The Hall–Kier alpha value is -2.40. The summed E-state index contributed by atoms with van der Waals surface area (Å²) in [6.45, 7) is 0. The van der Waals surface area contributed by atoms with Gasteiger partial charge < -0.3 is 4.90 Å². The van der Waals surface area contributed by atoms with Crippen LogP contribution in [0.5, 0.6) is 0 Å². The molecule has 3 aromatic rings. The molecule has 5 heteroatoms. The first-order valence-corrected chi connectivity index (χ1v) is 8.04. The van der Waals surface area contributed by atoms with Crippen molar-refractivity contribution in [1.29, 1.82) is 0 Å². The molecule has 22 heavy (non-hydrogen) atoms. The molecule has 3 heterocycles. The van der Waals surface area contributed by atoms with Gasteiger partial charge in [0, 0.05) is 42.0 Å². The monoisotopic (exact) mass is 306 g/mol. The molecule has 0 N–H and O–H groups in total. The minimum Gasteiger partial charge on any atom is -0.314 e. The lowest BCUT2D eigenvalue weighted by Gasteiger charge is -2.21. The number of hydrogen-bond donors (Lipinski definition) is 0. The van der Waals surface area contributed by atoms with E-state index in [1.54, 1.807) is 11.8 Å². The number of thioether (sulfide) groups is 1. The lowest BCUT2D eigenvalue weighted by atomic mass is 10.1. The molecule has 0 fully saturated rings. The predicted molar refractivity (Wildman–Crippen MR) is 89.3 cm³/mol. The lowest BCUT2D eigenvalue weighted by molar-refractivity contribution is 1.01. The molecule has 0 bridgehead atoms. The molecular formula is C17H14N4S. The summed E-state index contributed by atoms with van der Waals surface area (Å²) in [6.07, 6.45) is 3.76. The van der Waals surface area contributed by atoms with Gasteiger partial charge in [0.2, 0.25) is 5.95 Å². The van der Waals surface area contributed by atoms with Gasteiger partial charge in [-0.3, -0.25) is 0 Å². The van der Waals surface area contributed by atoms with Crippen LogP contribution in [0.4, 0.5) is 11.6 Å². The lowest BCUT2D eigenvalue weighted by Crippen LogP contribution is -2.14. The van der Waals surface area contributed by atoms with Gasteiger partial charge in [0.05, 0.1) is 5.69 Å². The number of hydrogen-bond acceptors (Lipinski definition) is 5. The standard InChI is InChI=1S/C17H14N4S/c1-21(13-6-3-2-4-7-13)17-19-10-12-11-22-16-14(15(12)20-17)8-5-9-18-16/h2-10H,11H2,1H3. The van der Waals surface area contributed by atoms with E-state index in [0.29, 0.717) is 5.95 Å². The van der Waals surface area contributed by atoms with Crippen LogP contribution in [0.15, 0.2) is 59.9 Å². The molecule has 0 saturated heterocycles. The largest absolute Gasteiger partial charge is 0.314 e. The van der Waals surface area contributed by atoms with Crippen LogP contribution >= 0.6 is 11.8 Å². The first-order valence-electron chi connectivity index (χ1n) is 7.06. The summed E-state index contributed by atoms with van der Waals surface area (Å²) >= 11 is 1.74. The van der Waals surface area contributed by atoms with Crippen molar-refractivity contribution in [2.24, 2.45) is 0 Å². The topological polar surface area (TPSA) is 41.9 Å². The van der Waals surface area contributed by atoms with E-state index >= 15 is 0 Å². The fourth-order valence-corrected chi connectivity index (χ4v) is 3.46. The Morgan fingerprint density at radius 3 is 2.77 bits per heavy atom. The van der Waals surface area contributed by atoms with E-state index in [1.807, 2.05) is 60.7 Å². The van der Waals surface area contributed by atoms with Gasteiger partial charge >= 0.3 is 0 Å². The molecule has 0 saturated carbocycles. The normalized spacial score (nSPS) is 12.4. The quantitative estimate of drug-likeness (QED) is 0.718. The predicted octanol–water partition coefficient (Wildman–Crippen LogP) is 3.91. The molecule has 0 atom stereocenters. The van der Waals surface area contributed by atoms with Gasteiger partial charge in [-0.25, -0.2) is 15.0 Å². The van der Waals surface area contributed by atoms with E-state index in [2.05, 4.69) is 16.0 Å². The molecular weight excluding hydrogens is 292 g/mol. The minimum atomic E-state index is 0.701. The molecule has 0 unspecified atom stereocenters. The molecule has 0 radical (unpaired) electrons. The number of benzene rings is 1. The van der Waals surface area contributed by atoms with Gasteiger partial charge in [0.15, 0.2) is 0 Å². The number of anilines is 2. The van der Waals surface area contributed by atoms with Crippen LogP contribution in [-0.2, 0) is 5.75 Å². The van der Waals surface area contributed by atoms with Gasteiger partial charge in [-0.2, -0.15) is 0 Å². The average Bonchev–Trinajstić information content (AvgIpc) is 2.61. The number of fused-ring (bicyclic) bond motifs is 3. The first-order chi connectivity index (χ1) is 10.8. The SMILES string of the molecule is CN(c1ccccc1)c1ncc2c(n1)-c1cccnc1SC2. The maximum absolute atomic E-state index is 4.79. The molecule has 108 valence electrons. The van der Waals surface area contributed by atoms with Crippen molar-refractivity contribution in [1.82, 2.24) is 15.0 Å². The van der Waals surface area contributed by atoms with Crippen LogP contribution < -0.4 is 4.90 Å². The molecule has 4 rings (SSSR count). The number of nitrogens with zero attached hydrogens (tertiary/aromatic N) is 4. The second-order valence-corrected chi connectivity index (χ2v) is 6.05. The van der Waals surface area contributed by atoms with Crippen molar-refractivity contribution in [3.05, 3.63) is 60.4 Å². The molecule has 1 aromatic carbocycles. The maximum atomic E-state index is 4.79. The molecule has 0 spiro atoms. The smallest absolute Gasteiger partial charge is 0.230 e.